The number of carbonyl (C=O) groups is 1. The number of sulfonamides is 1. The second-order valence-electron chi connectivity index (χ2n) is 6.86. The molecule has 2 heterocycles. The van der Waals surface area contributed by atoms with Crippen LogP contribution in [0, 0.1) is 5.82 Å². The van der Waals surface area contributed by atoms with E-state index in [4.69, 9.17) is 0 Å². The second-order valence-corrected chi connectivity index (χ2v) is 10.2. The monoisotopic (exact) mass is 504 g/mol. The van der Waals surface area contributed by atoms with Crippen molar-refractivity contribution in [3.05, 3.63) is 76.3 Å². The van der Waals surface area contributed by atoms with Crippen molar-refractivity contribution in [3.63, 3.8) is 0 Å². The fourth-order valence-corrected chi connectivity index (χ4v) is 5.38. The molecule has 12 heteroatoms. The average molecular weight is 505 g/mol. The number of thiol groups is 1. The summed E-state index contributed by atoms with van der Waals surface area (Å²) in [4.78, 5) is 25.5. The molecule has 4 rings (SSSR count). The summed E-state index contributed by atoms with van der Waals surface area (Å²) in [7, 11) is -2.28. The lowest BCUT2D eigenvalue weighted by atomic mass is 10.1. The van der Waals surface area contributed by atoms with E-state index in [1.807, 2.05) is 4.72 Å². The van der Waals surface area contributed by atoms with E-state index in [0.29, 0.717) is 15.7 Å². The van der Waals surface area contributed by atoms with Gasteiger partial charge < -0.3 is 10.6 Å². The van der Waals surface area contributed by atoms with Crippen molar-refractivity contribution in [1.82, 2.24) is 9.29 Å². The minimum atomic E-state index is -4.03. The van der Waals surface area contributed by atoms with Crippen molar-refractivity contribution in [1.29, 1.82) is 0 Å². The number of benzene rings is 2. The van der Waals surface area contributed by atoms with Gasteiger partial charge in [-0.1, -0.05) is 6.07 Å². The molecule has 170 valence electrons. The van der Waals surface area contributed by atoms with Crippen LogP contribution in [0.5, 0.6) is 0 Å². The van der Waals surface area contributed by atoms with Crippen LogP contribution in [0.1, 0.15) is 0 Å². The Bertz CT molecular complexity index is 1530. The van der Waals surface area contributed by atoms with Gasteiger partial charge >= 0.3 is 6.03 Å². The fraction of sp³-hybridized carbons (Fsp3) is 0.0476. The highest BCUT2D eigenvalue weighted by atomic mass is 32.2. The Balaban J connectivity index is 1.62. The summed E-state index contributed by atoms with van der Waals surface area (Å²) in [5.41, 5.74) is 0.321. The van der Waals surface area contributed by atoms with Gasteiger partial charge in [-0.05, 0) is 47.8 Å². The number of carbonyl (C=O) groups excluding carboxylic acids is 1. The third-order valence-electron chi connectivity index (χ3n) is 4.74. The molecule has 2 aromatic carbocycles. The van der Waals surface area contributed by atoms with Crippen LogP contribution in [-0.4, -0.2) is 26.1 Å². The molecule has 2 aromatic heterocycles. The highest BCUT2D eigenvalue weighted by molar-refractivity contribution is 7.92. The maximum atomic E-state index is 14.9. The van der Waals surface area contributed by atoms with Gasteiger partial charge in [-0.25, -0.2) is 22.3 Å². The Kier molecular flexibility index (Phi) is 6.15. The van der Waals surface area contributed by atoms with Gasteiger partial charge in [-0.3, -0.25) is 9.36 Å². The Labute approximate surface area is 197 Å². The molecule has 4 aromatic rings. The van der Waals surface area contributed by atoms with Crippen LogP contribution < -0.4 is 20.9 Å². The lowest BCUT2D eigenvalue weighted by Crippen LogP contribution is -2.34. The predicted octanol–water partition coefficient (Wildman–Crippen LogP) is 4.03. The number of amides is 2. The summed E-state index contributed by atoms with van der Waals surface area (Å²) in [5.74, 6) is -0.796. The van der Waals surface area contributed by atoms with Crippen LogP contribution in [0.15, 0.2) is 74.0 Å². The van der Waals surface area contributed by atoms with E-state index >= 15 is 0 Å². The molecular weight excluding hydrogens is 487 g/mol. The molecule has 33 heavy (non-hydrogen) atoms. The molecule has 0 atom stereocenters. The summed E-state index contributed by atoms with van der Waals surface area (Å²) in [6.07, 6.45) is 1.42. The van der Waals surface area contributed by atoms with Crippen molar-refractivity contribution in [3.8, 4) is 5.69 Å². The number of hydrogen-bond donors (Lipinski definition) is 4. The van der Waals surface area contributed by atoms with Gasteiger partial charge in [0, 0.05) is 40.3 Å². The number of nitrogens with one attached hydrogen (secondary N) is 3. The number of hydrogen-bond acceptors (Lipinski definition) is 7. The molecule has 0 unspecified atom stereocenters. The van der Waals surface area contributed by atoms with Gasteiger partial charge in [0.2, 0.25) is 0 Å². The highest BCUT2D eigenvalue weighted by Crippen LogP contribution is 2.25. The van der Waals surface area contributed by atoms with Crippen LogP contribution in [-0.2, 0) is 10.0 Å². The number of thiophene rings is 1. The molecule has 0 saturated carbocycles. The van der Waals surface area contributed by atoms with Crippen LogP contribution in [0.3, 0.4) is 0 Å². The average Bonchev–Trinajstić information content (AvgIpc) is 3.32. The first kappa shape index (κ1) is 22.8. The van der Waals surface area contributed by atoms with Gasteiger partial charge in [-0.2, -0.15) is 0 Å². The first-order valence-corrected chi connectivity index (χ1v) is 12.2. The van der Waals surface area contributed by atoms with Gasteiger partial charge in [0.15, 0.2) is 0 Å². The molecule has 8 nitrogen and oxygen atoms in total. The molecule has 3 N–H and O–H groups in total. The Morgan fingerprint density at radius 3 is 2.52 bits per heavy atom. The van der Waals surface area contributed by atoms with E-state index in [1.165, 1.54) is 30.5 Å². The van der Waals surface area contributed by atoms with E-state index < -0.39 is 27.4 Å². The van der Waals surface area contributed by atoms with Gasteiger partial charge in [0.05, 0.1) is 5.69 Å². The van der Waals surface area contributed by atoms with Crippen molar-refractivity contribution in [2.45, 2.75) is 9.10 Å². The number of urea groups is 1. The minimum Gasteiger partial charge on any atom is -0.388 e. The predicted molar refractivity (Wildman–Crippen MR) is 130 cm³/mol. The highest BCUT2D eigenvalue weighted by Gasteiger charge is 2.19. The SMILES string of the molecule is CNc1ccc2c(=O)n(-c3ccc(NC(=O)NS(=O)(=O)c4cccs4)cc3F)cc(S)c2c1. The number of fused-ring (bicyclic) bond motifs is 1. The molecule has 0 aliphatic carbocycles. The number of halogens is 1. The molecule has 2 amide bonds. The van der Waals surface area contributed by atoms with Crippen molar-refractivity contribution >= 4 is 62.2 Å². The zero-order chi connectivity index (χ0) is 23.8. The largest absolute Gasteiger partial charge is 0.388 e. The van der Waals surface area contributed by atoms with E-state index in [2.05, 4.69) is 23.3 Å². The summed E-state index contributed by atoms with van der Waals surface area (Å²) >= 11 is 5.39. The number of nitrogens with zero attached hydrogens (tertiary/aromatic N) is 1. The molecule has 0 spiro atoms. The van der Waals surface area contributed by atoms with Gasteiger partial charge in [-0.15, -0.1) is 24.0 Å². The van der Waals surface area contributed by atoms with E-state index in [-0.39, 0.29) is 15.6 Å². The first-order chi connectivity index (χ1) is 15.7. The van der Waals surface area contributed by atoms with Crippen molar-refractivity contribution < 1.29 is 17.6 Å². The lowest BCUT2D eigenvalue weighted by Gasteiger charge is -2.13. The zero-order valence-electron chi connectivity index (χ0n) is 17.0. The lowest BCUT2D eigenvalue weighted by molar-refractivity contribution is 0.256. The maximum absolute atomic E-state index is 14.9. The van der Waals surface area contributed by atoms with Crippen molar-refractivity contribution in [2.24, 2.45) is 0 Å². The Morgan fingerprint density at radius 2 is 1.85 bits per heavy atom. The summed E-state index contributed by atoms with van der Waals surface area (Å²) < 4.78 is 42.1. The summed E-state index contributed by atoms with van der Waals surface area (Å²) in [6.45, 7) is 0. The minimum absolute atomic E-state index is 0.00808. The van der Waals surface area contributed by atoms with Crippen LogP contribution in [0.2, 0.25) is 0 Å². The molecular formula is C21H17FN4O4S3. The summed E-state index contributed by atoms with van der Waals surface area (Å²) in [5, 5.41) is 7.80. The standard InChI is InChI=1S/C21H17FN4O4S3/c1-23-12-4-6-14-15(9-12)18(31)11-26(20(14)27)17-7-5-13(10-16(17)22)24-21(28)25-33(29,30)19-3-2-8-32-19/h2-11,23,31H,1H3,(H2,24,25,28). The molecule has 0 bridgehead atoms. The summed E-state index contributed by atoms with van der Waals surface area (Å²) in [6, 6.07) is 10.6. The van der Waals surface area contributed by atoms with E-state index in [9.17, 15) is 22.4 Å². The molecule has 0 aliphatic rings. The molecule has 0 saturated heterocycles. The quantitative estimate of drug-likeness (QED) is 0.307. The second kappa shape index (κ2) is 8.89. The fourth-order valence-electron chi connectivity index (χ4n) is 3.18. The molecule has 0 aliphatic heterocycles. The van der Waals surface area contributed by atoms with Crippen LogP contribution in [0.4, 0.5) is 20.6 Å². The number of anilines is 2. The third kappa shape index (κ3) is 4.58. The van der Waals surface area contributed by atoms with Crippen LogP contribution in [0.25, 0.3) is 16.5 Å². The zero-order valence-corrected chi connectivity index (χ0v) is 19.5. The third-order valence-corrected chi connectivity index (χ3v) is 7.82. The smallest absolute Gasteiger partial charge is 0.333 e. The topological polar surface area (TPSA) is 109 Å². The maximum Gasteiger partial charge on any atom is 0.333 e. The van der Waals surface area contributed by atoms with E-state index in [1.54, 1.807) is 30.6 Å². The van der Waals surface area contributed by atoms with Crippen LogP contribution >= 0.6 is 24.0 Å². The Morgan fingerprint density at radius 1 is 1.09 bits per heavy atom. The number of pyridine rings is 1. The number of rotatable bonds is 5. The first-order valence-electron chi connectivity index (χ1n) is 9.43. The van der Waals surface area contributed by atoms with E-state index in [0.717, 1.165) is 27.7 Å². The molecule has 0 fully saturated rings. The van der Waals surface area contributed by atoms with Gasteiger partial charge in [0.1, 0.15) is 10.0 Å². The van der Waals surface area contributed by atoms with Crippen molar-refractivity contribution in [2.75, 3.05) is 17.7 Å². The molecule has 0 radical (unpaired) electrons. The number of aromatic nitrogens is 1. The Hall–Kier alpha value is -3.35. The normalized spacial score (nSPS) is 11.4. The van der Waals surface area contributed by atoms with Gasteiger partial charge in [0.25, 0.3) is 15.6 Å².